The summed E-state index contributed by atoms with van der Waals surface area (Å²) in [5.74, 6) is 0. The fraction of sp³-hybridized carbons (Fsp3) is 0.727. The summed E-state index contributed by atoms with van der Waals surface area (Å²) < 4.78 is 5.42. The van der Waals surface area contributed by atoms with Crippen LogP contribution in [0, 0.1) is 0 Å². The number of hydrogen-bond donors (Lipinski definition) is 1. The van der Waals surface area contributed by atoms with E-state index < -0.39 is 0 Å². The van der Waals surface area contributed by atoms with Gasteiger partial charge in [0.15, 0.2) is 0 Å². The van der Waals surface area contributed by atoms with E-state index in [2.05, 4.69) is 31.1 Å². The van der Waals surface area contributed by atoms with E-state index in [4.69, 9.17) is 4.74 Å². The number of nitrogens with one attached hydrogen (secondary N) is 1. The van der Waals surface area contributed by atoms with Crippen LogP contribution in [-0.4, -0.2) is 24.7 Å². The van der Waals surface area contributed by atoms with Crippen molar-refractivity contribution in [3.63, 3.8) is 0 Å². The minimum Gasteiger partial charge on any atom is -0.380 e. The van der Waals surface area contributed by atoms with E-state index in [9.17, 15) is 0 Å². The molecule has 15 heavy (non-hydrogen) atoms. The van der Waals surface area contributed by atoms with Crippen molar-refractivity contribution < 1.29 is 4.74 Å². The monoisotopic (exact) mass is 228 g/mol. The second-order valence-electron chi connectivity index (χ2n) is 4.00. The number of thiazole rings is 1. The Labute approximate surface area is 95.9 Å². The Morgan fingerprint density at radius 2 is 2.27 bits per heavy atom. The molecule has 1 N–H and O–H groups in total. The first kappa shape index (κ1) is 12.6. The number of nitrogens with zero attached hydrogens (tertiary/aromatic N) is 1. The minimum absolute atomic E-state index is 0.0518. The Hall–Kier alpha value is -0.450. The molecule has 0 aliphatic rings. The van der Waals surface area contributed by atoms with Gasteiger partial charge in [-0.25, -0.2) is 4.98 Å². The van der Waals surface area contributed by atoms with Crippen LogP contribution < -0.4 is 5.32 Å². The Kier molecular flexibility index (Phi) is 5.22. The zero-order valence-corrected chi connectivity index (χ0v) is 10.6. The molecule has 86 valence electrons. The summed E-state index contributed by atoms with van der Waals surface area (Å²) in [6, 6.07) is 0. The van der Waals surface area contributed by atoms with E-state index in [0.29, 0.717) is 0 Å². The third-order valence-corrected chi connectivity index (χ3v) is 3.23. The van der Waals surface area contributed by atoms with Gasteiger partial charge in [-0.1, -0.05) is 6.92 Å². The molecule has 3 nitrogen and oxygen atoms in total. The third kappa shape index (κ3) is 4.28. The molecular weight excluding hydrogens is 208 g/mol. The maximum absolute atomic E-state index is 5.42. The Bertz CT molecular complexity index is 260. The predicted octanol–water partition coefficient (Wildman–Crippen LogP) is 2.39. The topological polar surface area (TPSA) is 34.1 Å². The summed E-state index contributed by atoms with van der Waals surface area (Å²) in [6.45, 7) is 8.89. The van der Waals surface area contributed by atoms with Crippen LogP contribution in [0.1, 0.15) is 32.2 Å². The Morgan fingerprint density at radius 1 is 1.47 bits per heavy atom. The molecule has 0 aliphatic heterocycles. The largest absolute Gasteiger partial charge is 0.380 e. The van der Waals surface area contributed by atoms with E-state index in [1.807, 2.05) is 11.6 Å². The summed E-state index contributed by atoms with van der Waals surface area (Å²) in [7, 11) is 0. The smallest absolute Gasteiger partial charge is 0.112 e. The molecule has 0 bridgehead atoms. The van der Waals surface area contributed by atoms with E-state index in [1.54, 1.807) is 11.3 Å². The lowest BCUT2D eigenvalue weighted by molar-refractivity contribution is 0.130. The normalized spacial score (nSPS) is 11.9. The van der Waals surface area contributed by atoms with Crippen LogP contribution in [0.25, 0.3) is 0 Å². The molecule has 0 unspecified atom stereocenters. The molecule has 1 heterocycles. The molecule has 0 fully saturated rings. The first-order valence-corrected chi connectivity index (χ1v) is 6.27. The van der Waals surface area contributed by atoms with Gasteiger partial charge in [-0.2, -0.15) is 0 Å². The molecule has 0 atom stereocenters. The predicted molar refractivity (Wildman–Crippen MR) is 64.3 cm³/mol. The van der Waals surface area contributed by atoms with Gasteiger partial charge in [-0.15, -0.1) is 11.3 Å². The first-order valence-electron chi connectivity index (χ1n) is 5.39. The molecule has 0 aromatic carbocycles. The van der Waals surface area contributed by atoms with Gasteiger partial charge in [0.1, 0.15) is 5.01 Å². The fourth-order valence-corrected chi connectivity index (χ4v) is 2.03. The lowest BCUT2D eigenvalue weighted by Crippen LogP contribution is -2.38. The molecule has 0 radical (unpaired) electrons. The first-order chi connectivity index (χ1) is 7.17. The average molecular weight is 228 g/mol. The molecule has 0 spiro atoms. The van der Waals surface area contributed by atoms with Crippen LogP contribution >= 0.6 is 11.3 Å². The number of hydrogen-bond acceptors (Lipinski definition) is 4. The molecule has 0 amide bonds. The fourth-order valence-electron chi connectivity index (χ4n) is 1.29. The summed E-state index contributed by atoms with van der Waals surface area (Å²) in [5, 5.41) is 6.57. The van der Waals surface area contributed by atoms with Gasteiger partial charge in [0.2, 0.25) is 0 Å². The number of ether oxygens (including phenoxy) is 1. The van der Waals surface area contributed by atoms with Gasteiger partial charge in [0, 0.05) is 24.7 Å². The lowest BCUT2D eigenvalue weighted by Gasteiger charge is -2.23. The highest BCUT2D eigenvalue weighted by molar-refractivity contribution is 7.09. The highest BCUT2D eigenvalue weighted by Crippen LogP contribution is 2.21. The van der Waals surface area contributed by atoms with Crippen molar-refractivity contribution in [2.45, 2.75) is 32.7 Å². The number of rotatable bonds is 7. The zero-order valence-electron chi connectivity index (χ0n) is 9.75. The molecule has 1 aromatic rings. The second kappa shape index (κ2) is 6.20. The van der Waals surface area contributed by atoms with Crippen molar-refractivity contribution >= 4 is 11.3 Å². The van der Waals surface area contributed by atoms with Crippen LogP contribution in [0.5, 0.6) is 0 Å². The van der Waals surface area contributed by atoms with Gasteiger partial charge in [0.25, 0.3) is 0 Å². The molecule has 1 aromatic heterocycles. The molecule has 0 aliphatic carbocycles. The van der Waals surface area contributed by atoms with Gasteiger partial charge in [-0.3, -0.25) is 0 Å². The molecule has 1 rings (SSSR count). The third-order valence-electron chi connectivity index (χ3n) is 2.13. The van der Waals surface area contributed by atoms with Crippen LogP contribution in [0.2, 0.25) is 0 Å². The quantitative estimate of drug-likeness (QED) is 0.728. The average Bonchev–Trinajstić information content (AvgIpc) is 2.70. The van der Waals surface area contributed by atoms with Crippen LogP contribution in [0.4, 0.5) is 0 Å². The van der Waals surface area contributed by atoms with Crippen molar-refractivity contribution in [2.24, 2.45) is 0 Å². The van der Waals surface area contributed by atoms with Crippen LogP contribution in [0.3, 0.4) is 0 Å². The maximum Gasteiger partial charge on any atom is 0.112 e. The lowest BCUT2D eigenvalue weighted by atomic mass is 10.1. The van der Waals surface area contributed by atoms with Crippen molar-refractivity contribution in [2.75, 3.05) is 19.8 Å². The highest BCUT2D eigenvalue weighted by Gasteiger charge is 2.21. The van der Waals surface area contributed by atoms with Gasteiger partial charge < -0.3 is 10.1 Å². The van der Waals surface area contributed by atoms with Crippen LogP contribution in [-0.2, 0) is 10.3 Å². The van der Waals surface area contributed by atoms with Gasteiger partial charge >= 0.3 is 0 Å². The van der Waals surface area contributed by atoms with Crippen LogP contribution in [0.15, 0.2) is 11.6 Å². The van der Waals surface area contributed by atoms with E-state index in [1.165, 1.54) is 0 Å². The van der Waals surface area contributed by atoms with E-state index in [-0.39, 0.29) is 5.54 Å². The van der Waals surface area contributed by atoms with E-state index in [0.717, 1.165) is 31.2 Å². The molecule has 0 saturated heterocycles. The van der Waals surface area contributed by atoms with E-state index >= 15 is 0 Å². The highest BCUT2D eigenvalue weighted by atomic mass is 32.1. The summed E-state index contributed by atoms with van der Waals surface area (Å²) in [4.78, 5) is 4.32. The van der Waals surface area contributed by atoms with Gasteiger partial charge in [-0.05, 0) is 20.3 Å². The van der Waals surface area contributed by atoms with Crippen molar-refractivity contribution in [3.8, 4) is 0 Å². The molecule has 4 heteroatoms. The second-order valence-corrected chi connectivity index (χ2v) is 4.90. The van der Waals surface area contributed by atoms with Crippen molar-refractivity contribution in [1.29, 1.82) is 0 Å². The SMILES string of the molecule is CCCOCCNC(C)(C)c1nccs1. The molecule has 0 saturated carbocycles. The summed E-state index contributed by atoms with van der Waals surface area (Å²) in [6.07, 6.45) is 2.92. The Morgan fingerprint density at radius 3 is 2.87 bits per heavy atom. The minimum atomic E-state index is -0.0518. The molecular formula is C11H20N2OS. The maximum atomic E-state index is 5.42. The zero-order chi connectivity index (χ0) is 11.1. The number of aromatic nitrogens is 1. The van der Waals surface area contributed by atoms with Crippen molar-refractivity contribution in [1.82, 2.24) is 10.3 Å². The standard InChI is InChI=1S/C11H20N2OS/c1-4-7-14-8-5-13-11(2,3)10-12-6-9-15-10/h6,9,13H,4-5,7-8H2,1-3H3. The van der Waals surface area contributed by atoms with Gasteiger partial charge in [0.05, 0.1) is 12.1 Å². The van der Waals surface area contributed by atoms with Crippen molar-refractivity contribution in [3.05, 3.63) is 16.6 Å². The summed E-state index contributed by atoms with van der Waals surface area (Å²) in [5.41, 5.74) is -0.0518. The Balaban J connectivity index is 2.25. The summed E-state index contributed by atoms with van der Waals surface area (Å²) >= 11 is 1.68.